The molecule has 0 aliphatic rings. The summed E-state index contributed by atoms with van der Waals surface area (Å²) in [6, 6.07) is -0.563. The molecule has 0 heterocycles. The molecule has 0 aliphatic carbocycles. The molecule has 9 heavy (non-hydrogen) atoms. The van der Waals surface area contributed by atoms with Gasteiger partial charge >= 0.3 is 6.03 Å². The van der Waals surface area contributed by atoms with Crippen LogP contribution in [0, 0.1) is 0 Å². The third kappa shape index (κ3) is 4.76. The van der Waals surface area contributed by atoms with Crippen LogP contribution < -0.4 is 10.6 Å². The van der Waals surface area contributed by atoms with E-state index in [1.54, 1.807) is 0 Å². The Hall–Kier alpha value is -1.10. The van der Waals surface area contributed by atoms with E-state index in [1.165, 1.54) is 7.11 Å². The standard InChI is InChI=1S/C4H8N2O3/c1-9-3-6-4(8)5-2-7/h2H,3H2,1H3,(H2,5,6,7,8). The van der Waals surface area contributed by atoms with Gasteiger partial charge in [-0.25, -0.2) is 4.79 Å². The number of methoxy groups -OCH3 is 1. The van der Waals surface area contributed by atoms with Crippen LogP contribution in [0.25, 0.3) is 0 Å². The minimum atomic E-state index is -0.563. The summed E-state index contributed by atoms with van der Waals surface area (Å²) in [5.41, 5.74) is 0. The van der Waals surface area contributed by atoms with Crippen LogP contribution in [0.2, 0.25) is 0 Å². The molecule has 0 aromatic heterocycles. The minimum Gasteiger partial charge on any atom is -0.364 e. The van der Waals surface area contributed by atoms with E-state index in [-0.39, 0.29) is 6.73 Å². The summed E-state index contributed by atoms with van der Waals surface area (Å²) >= 11 is 0. The van der Waals surface area contributed by atoms with Crippen molar-refractivity contribution < 1.29 is 14.3 Å². The summed E-state index contributed by atoms with van der Waals surface area (Å²) in [6.45, 7) is 0.0969. The second-order valence-corrected chi connectivity index (χ2v) is 1.20. The molecule has 0 rings (SSSR count). The van der Waals surface area contributed by atoms with E-state index < -0.39 is 6.03 Å². The topological polar surface area (TPSA) is 67.4 Å². The van der Waals surface area contributed by atoms with Crippen LogP contribution in [-0.4, -0.2) is 26.3 Å². The van der Waals surface area contributed by atoms with Crippen LogP contribution in [0.15, 0.2) is 0 Å². The van der Waals surface area contributed by atoms with Gasteiger partial charge in [0.05, 0.1) is 0 Å². The van der Waals surface area contributed by atoms with Crippen molar-refractivity contribution in [1.29, 1.82) is 0 Å². The fourth-order valence-electron chi connectivity index (χ4n) is 0.242. The van der Waals surface area contributed by atoms with Crippen LogP contribution in [0.4, 0.5) is 4.79 Å². The number of amides is 3. The van der Waals surface area contributed by atoms with Gasteiger partial charge in [-0.1, -0.05) is 0 Å². The van der Waals surface area contributed by atoms with Gasteiger partial charge in [0.15, 0.2) is 0 Å². The lowest BCUT2D eigenvalue weighted by molar-refractivity contribution is -0.108. The zero-order valence-corrected chi connectivity index (χ0v) is 5.01. The maximum absolute atomic E-state index is 10.3. The van der Waals surface area contributed by atoms with Gasteiger partial charge in [0, 0.05) is 7.11 Å². The smallest absolute Gasteiger partial charge is 0.323 e. The molecule has 0 saturated carbocycles. The number of hydrogen-bond acceptors (Lipinski definition) is 3. The fourth-order valence-corrected chi connectivity index (χ4v) is 0.242. The van der Waals surface area contributed by atoms with Crippen molar-refractivity contribution in [3.05, 3.63) is 0 Å². The third-order valence-corrected chi connectivity index (χ3v) is 0.567. The Labute approximate surface area is 52.4 Å². The highest BCUT2D eigenvalue weighted by molar-refractivity contribution is 5.84. The zero-order valence-electron chi connectivity index (χ0n) is 5.01. The molecule has 3 amide bonds. The first-order valence-corrected chi connectivity index (χ1v) is 2.28. The van der Waals surface area contributed by atoms with E-state index in [9.17, 15) is 9.59 Å². The second-order valence-electron chi connectivity index (χ2n) is 1.20. The van der Waals surface area contributed by atoms with E-state index >= 15 is 0 Å². The number of imide groups is 1. The predicted octanol–water partition coefficient (Wildman–Crippen LogP) is -0.954. The second kappa shape index (κ2) is 5.04. The number of nitrogens with one attached hydrogen (secondary N) is 2. The van der Waals surface area contributed by atoms with Gasteiger partial charge in [-0.15, -0.1) is 0 Å². The first kappa shape index (κ1) is 7.90. The fraction of sp³-hybridized carbons (Fsp3) is 0.500. The van der Waals surface area contributed by atoms with Crippen LogP contribution in [-0.2, 0) is 9.53 Å². The Morgan fingerprint density at radius 3 is 2.89 bits per heavy atom. The lowest BCUT2D eigenvalue weighted by Crippen LogP contribution is -2.35. The van der Waals surface area contributed by atoms with Crippen LogP contribution >= 0.6 is 0 Å². The highest BCUT2D eigenvalue weighted by Crippen LogP contribution is 1.60. The molecule has 0 radical (unpaired) electrons. The lowest BCUT2D eigenvalue weighted by atomic mass is 10.9. The van der Waals surface area contributed by atoms with Crippen molar-refractivity contribution in [2.45, 2.75) is 0 Å². The van der Waals surface area contributed by atoms with Crippen LogP contribution in [0.5, 0.6) is 0 Å². The summed E-state index contributed by atoms with van der Waals surface area (Å²) in [4.78, 5) is 19.8. The SMILES string of the molecule is COCNC(=O)NC=O. The predicted molar refractivity (Wildman–Crippen MR) is 29.6 cm³/mol. The molecule has 0 fully saturated rings. The number of carbonyl (C=O) groups excluding carboxylic acids is 2. The molecular formula is C4H8N2O3. The van der Waals surface area contributed by atoms with Gasteiger partial charge in [-0.3, -0.25) is 10.1 Å². The van der Waals surface area contributed by atoms with Crippen LogP contribution in [0.3, 0.4) is 0 Å². The summed E-state index contributed by atoms with van der Waals surface area (Å²) in [5, 5.41) is 4.10. The van der Waals surface area contributed by atoms with E-state index in [0.29, 0.717) is 6.41 Å². The maximum atomic E-state index is 10.3. The number of carbonyl (C=O) groups is 2. The first-order chi connectivity index (χ1) is 4.31. The third-order valence-electron chi connectivity index (χ3n) is 0.567. The Kier molecular flexibility index (Phi) is 4.43. The summed E-state index contributed by atoms with van der Waals surface area (Å²) in [7, 11) is 1.43. The van der Waals surface area contributed by atoms with Crippen molar-refractivity contribution in [3.63, 3.8) is 0 Å². The quantitative estimate of drug-likeness (QED) is 0.384. The molecule has 0 atom stereocenters. The van der Waals surface area contributed by atoms with Crippen molar-refractivity contribution >= 4 is 12.4 Å². The number of rotatable bonds is 3. The molecule has 5 nitrogen and oxygen atoms in total. The molecule has 52 valence electrons. The van der Waals surface area contributed by atoms with Crippen molar-refractivity contribution in [2.75, 3.05) is 13.8 Å². The Morgan fingerprint density at radius 2 is 2.44 bits per heavy atom. The van der Waals surface area contributed by atoms with E-state index in [2.05, 4.69) is 10.1 Å². The van der Waals surface area contributed by atoms with E-state index in [1.807, 2.05) is 5.32 Å². The molecule has 0 aromatic rings. The molecule has 2 N–H and O–H groups in total. The minimum absolute atomic E-state index is 0.0969. The Bertz CT molecular complexity index is 104. The maximum Gasteiger partial charge on any atom is 0.323 e. The van der Waals surface area contributed by atoms with E-state index in [0.717, 1.165) is 0 Å². The number of ether oxygens (including phenoxy) is 1. The van der Waals surface area contributed by atoms with Gasteiger partial charge in [0.25, 0.3) is 0 Å². The molecule has 0 aliphatic heterocycles. The molecule has 0 spiro atoms. The van der Waals surface area contributed by atoms with Gasteiger partial charge < -0.3 is 10.1 Å². The first-order valence-electron chi connectivity index (χ1n) is 2.28. The zero-order chi connectivity index (χ0) is 7.11. The molecule has 5 heteroatoms. The van der Waals surface area contributed by atoms with Gasteiger partial charge in [-0.05, 0) is 0 Å². The molecular weight excluding hydrogens is 124 g/mol. The van der Waals surface area contributed by atoms with Gasteiger partial charge in [-0.2, -0.15) is 0 Å². The van der Waals surface area contributed by atoms with Crippen LogP contribution in [0.1, 0.15) is 0 Å². The molecule has 0 unspecified atom stereocenters. The Morgan fingerprint density at radius 1 is 1.78 bits per heavy atom. The average Bonchev–Trinajstić information content (AvgIpc) is 1.85. The van der Waals surface area contributed by atoms with Crippen molar-refractivity contribution in [2.24, 2.45) is 0 Å². The normalized spacial score (nSPS) is 8.11. The lowest BCUT2D eigenvalue weighted by Gasteiger charge is -1.99. The van der Waals surface area contributed by atoms with Gasteiger partial charge in [0.2, 0.25) is 6.41 Å². The highest BCUT2D eigenvalue weighted by atomic mass is 16.5. The highest BCUT2D eigenvalue weighted by Gasteiger charge is 1.92. The largest absolute Gasteiger partial charge is 0.364 e. The van der Waals surface area contributed by atoms with Crippen molar-refractivity contribution in [3.8, 4) is 0 Å². The average molecular weight is 132 g/mol. The monoisotopic (exact) mass is 132 g/mol. The number of hydrogen-bond donors (Lipinski definition) is 2. The van der Waals surface area contributed by atoms with Crippen molar-refractivity contribution in [1.82, 2.24) is 10.6 Å². The van der Waals surface area contributed by atoms with E-state index in [4.69, 9.17) is 0 Å². The molecule has 0 saturated heterocycles. The van der Waals surface area contributed by atoms with Gasteiger partial charge in [0.1, 0.15) is 6.73 Å². The summed E-state index contributed by atoms with van der Waals surface area (Å²) < 4.78 is 4.47. The molecule has 0 bridgehead atoms. The summed E-state index contributed by atoms with van der Waals surface area (Å²) in [6.07, 6.45) is 0.297. The Balaban J connectivity index is 3.16. The number of urea groups is 1. The molecule has 0 aromatic carbocycles. The summed E-state index contributed by atoms with van der Waals surface area (Å²) in [5.74, 6) is 0.